The Kier molecular flexibility index (Phi) is 4.14. The number of aryl methyl sites for hydroxylation is 1. The molecule has 0 spiro atoms. The van der Waals surface area contributed by atoms with Gasteiger partial charge in [-0.1, -0.05) is 97.1 Å². The van der Waals surface area contributed by atoms with Gasteiger partial charge in [0.05, 0.1) is 5.52 Å². The van der Waals surface area contributed by atoms with Gasteiger partial charge in [-0.15, -0.1) is 0 Å². The first-order valence-corrected chi connectivity index (χ1v) is 10.9. The Balaban J connectivity index is 1.63. The lowest BCUT2D eigenvalue weighted by atomic mass is 9.96. The first-order valence-electron chi connectivity index (χ1n) is 10.9. The molecule has 0 N–H and O–H groups in total. The second kappa shape index (κ2) is 7.14. The summed E-state index contributed by atoms with van der Waals surface area (Å²) in [5, 5.41) is 7.79. The fourth-order valence-electron chi connectivity index (χ4n) is 5.00. The molecule has 0 aliphatic rings. The lowest BCUT2D eigenvalue weighted by Gasteiger charge is -2.09. The summed E-state index contributed by atoms with van der Waals surface area (Å²) in [4.78, 5) is 0. The zero-order chi connectivity index (χ0) is 20.8. The van der Waals surface area contributed by atoms with Gasteiger partial charge < -0.3 is 4.57 Å². The minimum absolute atomic E-state index is 0.950. The third-order valence-corrected chi connectivity index (χ3v) is 6.38. The van der Waals surface area contributed by atoms with Crippen LogP contribution < -0.4 is 0 Å². The number of aromatic nitrogens is 1. The van der Waals surface area contributed by atoms with Crippen molar-refractivity contribution in [2.45, 2.75) is 13.5 Å². The molecule has 5 aromatic carbocycles. The van der Waals surface area contributed by atoms with Crippen LogP contribution in [0.1, 0.15) is 18.1 Å². The Morgan fingerprint density at radius 1 is 0.613 bits per heavy atom. The van der Waals surface area contributed by atoms with E-state index >= 15 is 0 Å². The van der Waals surface area contributed by atoms with E-state index in [9.17, 15) is 0 Å². The van der Waals surface area contributed by atoms with Gasteiger partial charge in [-0.3, -0.25) is 0 Å². The quantitative estimate of drug-likeness (QED) is 0.209. The highest BCUT2D eigenvalue weighted by molar-refractivity contribution is 6.12. The molecule has 1 heteroatoms. The molecule has 0 fully saturated rings. The first kappa shape index (κ1) is 18.0. The van der Waals surface area contributed by atoms with Gasteiger partial charge in [-0.25, -0.2) is 0 Å². The van der Waals surface area contributed by atoms with Crippen molar-refractivity contribution in [3.63, 3.8) is 0 Å². The highest BCUT2D eigenvalue weighted by atomic mass is 15.0. The zero-order valence-electron chi connectivity index (χ0n) is 17.5. The third-order valence-electron chi connectivity index (χ3n) is 6.38. The maximum Gasteiger partial charge on any atom is 0.0564 e. The number of rotatable bonds is 3. The lowest BCUT2D eigenvalue weighted by molar-refractivity contribution is 0.826. The molecule has 148 valence electrons. The summed E-state index contributed by atoms with van der Waals surface area (Å²) in [5.74, 6) is 0. The summed E-state index contributed by atoms with van der Waals surface area (Å²) >= 11 is 0. The van der Waals surface area contributed by atoms with E-state index in [0.717, 1.165) is 6.54 Å². The smallest absolute Gasteiger partial charge is 0.0564 e. The Labute approximate surface area is 181 Å². The topological polar surface area (TPSA) is 4.93 Å². The highest BCUT2D eigenvalue weighted by Gasteiger charge is 2.11. The molecule has 6 aromatic rings. The Morgan fingerprint density at radius 2 is 1.23 bits per heavy atom. The van der Waals surface area contributed by atoms with Crippen LogP contribution >= 0.6 is 0 Å². The van der Waals surface area contributed by atoms with Gasteiger partial charge in [0, 0.05) is 22.8 Å². The predicted molar refractivity (Wildman–Crippen MR) is 135 cm³/mol. The van der Waals surface area contributed by atoms with E-state index in [4.69, 9.17) is 0 Å². The monoisotopic (exact) mass is 397 g/mol. The Bertz CT molecular complexity index is 1560. The van der Waals surface area contributed by atoms with Crippen molar-refractivity contribution in [1.82, 2.24) is 4.57 Å². The van der Waals surface area contributed by atoms with Gasteiger partial charge in [0.2, 0.25) is 0 Å². The largest absolute Gasteiger partial charge is 0.340 e. The molecular weight excluding hydrogens is 374 g/mol. The number of hydrogen-bond donors (Lipinski definition) is 0. The molecule has 1 aromatic heterocycles. The highest BCUT2D eigenvalue weighted by Crippen LogP contribution is 2.34. The fourth-order valence-corrected chi connectivity index (χ4v) is 5.00. The number of benzene rings is 5. The van der Waals surface area contributed by atoms with Crippen LogP contribution in [0.25, 0.3) is 55.5 Å². The van der Waals surface area contributed by atoms with Crippen molar-refractivity contribution in [2.24, 2.45) is 0 Å². The molecular formula is C30H23N. The fraction of sp³-hybridized carbons (Fsp3) is 0.0667. The summed E-state index contributed by atoms with van der Waals surface area (Å²) in [7, 11) is 0. The van der Waals surface area contributed by atoms with Crippen molar-refractivity contribution >= 4 is 55.5 Å². The van der Waals surface area contributed by atoms with Crippen molar-refractivity contribution in [3.05, 3.63) is 108 Å². The number of nitrogens with zero attached hydrogens (tertiary/aromatic N) is 1. The van der Waals surface area contributed by atoms with Gasteiger partial charge in [0.1, 0.15) is 0 Å². The minimum Gasteiger partial charge on any atom is -0.340 e. The molecule has 0 atom stereocenters. The molecule has 0 aliphatic heterocycles. The van der Waals surface area contributed by atoms with E-state index in [1.807, 2.05) is 0 Å². The van der Waals surface area contributed by atoms with Crippen LogP contribution in [-0.2, 0) is 6.54 Å². The van der Waals surface area contributed by atoms with E-state index in [1.54, 1.807) is 0 Å². The predicted octanol–water partition coefficient (Wildman–Crippen LogP) is 8.29. The van der Waals surface area contributed by atoms with Gasteiger partial charge in [0.15, 0.2) is 0 Å². The van der Waals surface area contributed by atoms with Crippen LogP contribution in [-0.4, -0.2) is 4.57 Å². The normalized spacial score (nSPS) is 12.0. The van der Waals surface area contributed by atoms with Gasteiger partial charge in [-0.2, -0.15) is 0 Å². The van der Waals surface area contributed by atoms with Crippen molar-refractivity contribution in [3.8, 4) is 0 Å². The van der Waals surface area contributed by atoms with Gasteiger partial charge in [0.25, 0.3) is 0 Å². The van der Waals surface area contributed by atoms with Crippen molar-refractivity contribution in [1.29, 1.82) is 0 Å². The van der Waals surface area contributed by atoms with E-state index in [0.29, 0.717) is 0 Å². The standard InChI is InChI=1S/C30H23N/c1-2-31-29-17-8-7-15-27(29)28-16-9-12-21(30(28)31)18-19-26-24-13-5-3-10-22(24)20-23-11-4-6-14-25(23)26/h3-20H,2H2,1H3. The summed E-state index contributed by atoms with van der Waals surface area (Å²) in [5.41, 5.74) is 5.15. The summed E-state index contributed by atoms with van der Waals surface area (Å²) in [6, 6.07) is 35.0. The molecule has 0 saturated carbocycles. The molecule has 6 rings (SSSR count). The third kappa shape index (κ3) is 2.78. The second-order valence-corrected chi connectivity index (χ2v) is 8.07. The van der Waals surface area contributed by atoms with Crippen LogP contribution in [0.3, 0.4) is 0 Å². The number of fused-ring (bicyclic) bond motifs is 5. The van der Waals surface area contributed by atoms with Crippen LogP contribution in [0, 0.1) is 0 Å². The van der Waals surface area contributed by atoms with Crippen LogP contribution in [0.15, 0.2) is 97.1 Å². The Hall–Kier alpha value is -3.84. The SMILES string of the molecule is CCn1c2ccccc2c2cccc(C=Cc3c4ccccc4cc4ccccc34)c21. The average molecular weight is 398 g/mol. The maximum absolute atomic E-state index is 2.44. The van der Waals surface area contributed by atoms with E-state index in [1.165, 1.54) is 54.5 Å². The van der Waals surface area contributed by atoms with Crippen LogP contribution in [0.5, 0.6) is 0 Å². The molecule has 0 saturated heterocycles. The summed E-state index contributed by atoms with van der Waals surface area (Å²) in [6.07, 6.45) is 4.60. The number of hydrogen-bond acceptors (Lipinski definition) is 0. The van der Waals surface area contributed by atoms with Crippen molar-refractivity contribution < 1.29 is 0 Å². The second-order valence-electron chi connectivity index (χ2n) is 8.07. The molecule has 0 amide bonds. The molecule has 31 heavy (non-hydrogen) atoms. The molecule has 0 unspecified atom stereocenters. The molecule has 1 heterocycles. The van der Waals surface area contributed by atoms with E-state index < -0.39 is 0 Å². The number of para-hydroxylation sites is 2. The molecule has 0 bridgehead atoms. The Morgan fingerprint density at radius 3 is 1.94 bits per heavy atom. The maximum atomic E-state index is 2.44. The summed E-state index contributed by atoms with van der Waals surface area (Å²) in [6.45, 7) is 3.18. The van der Waals surface area contributed by atoms with Gasteiger partial charge in [-0.05, 0) is 51.7 Å². The molecule has 0 radical (unpaired) electrons. The van der Waals surface area contributed by atoms with E-state index in [2.05, 4.69) is 121 Å². The average Bonchev–Trinajstić information content (AvgIpc) is 3.16. The van der Waals surface area contributed by atoms with Crippen LogP contribution in [0.4, 0.5) is 0 Å². The molecule has 0 aliphatic carbocycles. The first-order chi connectivity index (χ1) is 15.3. The van der Waals surface area contributed by atoms with Crippen molar-refractivity contribution in [2.75, 3.05) is 0 Å². The zero-order valence-corrected chi connectivity index (χ0v) is 17.5. The minimum atomic E-state index is 0.950. The summed E-state index contributed by atoms with van der Waals surface area (Å²) < 4.78 is 2.44. The lowest BCUT2D eigenvalue weighted by Crippen LogP contribution is -1.94. The molecule has 1 nitrogen and oxygen atoms in total. The van der Waals surface area contributed by atoms with Gasteiger partial charge >= 0.3 is 0 Å². The van der Waals surface area contributed by atoms with Crippen LogP contribution in [0.2, 0.25) is 0 Å². The van der Waals surface area contributed by atoms with E-state index in [-0.39, 0.29) is 0 Å².